The van der Waals surface area contributed by atoms with E-state index in [2.05, 4.69) is 4.98 Å². The topological polar surface area (TPSA) is 50.2 Å². The summed E-state index contributed by atoms with van der Waals surface area (Å²) in [5.41, 5.74) is 1.90. The Hall–Kier alpha value is -1.52. The summed E-state index contributed by atoms with van der Waals surface area (Å²) in [6.07, 6.45) is 1.53. The number of hydrogen-bond acceptors (Lipinski definition) is 2. The van der Waals surface area contributed by atoms with Gasteiger partial charge in [-0.25, -0.2) is 9.19 Å². The summed E-state index contributed by atoms with van der Waals surface area (Å²) in [6, 6.07) is 13.1. The van der Waals surface area contributed by atoms with Crippen molar-refractivity contribution in [3.8, 4) is 11.1 Å². The van der Waals surface area contributed by atoms with Crippen molar-refractivity contribution in [2.45, 2.75) is 5.03 Å². The maximum atomic E-state index is 10.8. The van der Waals surface area contributed by atoms with Crippen LogP contribution in [0.4, 0.5) is 0 Å². The summed E-state index contributed by atoms with van der Waals surface area (Å²) in [5.74, 6) is 0. The van der Waals surface area contributed by atoms with Gasteiger partial charge >= 0.3 is 0 Å². The molecule has 3 nitrogen and oxygen atoms in total. The molecule has 2 aromatic rings. The number of nitrogens with zero attached hydrogens (tertiary/aromatic N) is 1. The van der Waals surface area contributed by atoms with E-state index in [1.165, 1.54) is 6.20 Å². The third-order valence-corrected chi connectivity index (χ3v) is 2.60. The van der Waals surface area contributed by atoms with E-state index in [0.29, 0.717) is 0 Å². The zero-order chi connectivity index (χ0) is 10.7. The highest BCUT2D eigenvalue weighted by Crippen LogP contribution is 2.19. The van der Waals surface area contributed by atoms with Crippen LogP contribution in [0.3, 0.4) is 0 Å². The predicted octanol–water partition coefficient (Wildman–Crippen LogP) is 2.33. The van der Waals surface area contributed by atoms with E-state index in [0.717, 1.165) is 11.1 Å². The SMILES string of the molecule is O=S(O)c1cc(-c2ccccc2)ccn1. The highest BCUT2D eigenvalue weighted by atomic mass is 32.2. The summed E-state index contributed by atoms with van der Waals surface area (Å²) in [7, 11) is 0. The van der Waals surface area contributed by atoms with Gasteiger partial charge in [0.1, 0.15) is 0 Å². The normalized spacial score (nSPS) is 12.3. The van der Waals surface area contributed by atoms with Gasteiger partial charge in [-0.2, -0.15) is 0 Å². The van der Waals surface area contributed by atoms with Crippen LogP contribution >= 0.6 is 0 Å². The Morgan fingerprint density at radius 3 is 2.47 bits per heavy atom. The average Bonchev–Trinajstić information content (AvgIpc) is 2.30. The van der Waals surface area contributed by atoms with E-state index in [1.54, 1.807) is 6.07 Å². The zero-order valence-electron chi connectivity index (χ0n) is 7.83. The van der Waals surface area contributed by atoms with Crippen molar-refractivity contribution < 1.29 is 8.76 Å². The Balaban J connectivity index is 2.46. The molecule has 0 fully saturated rings. The largest absolute Gasteiger partial charge is 0.301 e. The molecule has 0 saturated carbocycles. The minimum absolute atomic E-state index is 0.177. The summed E-state index contributed by atoms with van der Waals surface area (Å²) in [5, 5.41) is 0.177. The molecule has 0 aliphatic carbocycles. The van der Waals surface area contributed by atoms with Crippen molar-refractivity contribution in [1.82, 2.24) is 4.98 Å². The highest BCUT2D eigenvalue weighted by Gasteiger charge is 2.03. The second-order valence-corrected chi connectivity index (χ2v) is 3.91. The maximum absolute atomic E-state index is 10.8. The van der Waals surface area contributed by atoms with Crippen molar-refractivity contribution in [3.05, 3.63) is 48.7 Å². The Labute approximate surface area is 90.1 Å². The molecule has 1 aromatic carbocycles. The molecule has 0 radical (unpaired) electrons. The second kappa shape index (κ2) is 4.33. The van der Waals surface area contributed by atoms with Gasteiger partial charge in [-0.3, -0.25) is 0 Å². The molecule has 4 heteroatoms. The molecule has 2 rings (SSSR count). The molecule has 76 valence electrons. The highest BCUT2D eigenvalue weighted by molar-refractivity contribution is 7.79. The summed E-state index contributed by atoms with van der Waals surface area (Å²) in [4.78, 5) is 3.81. The Morgan fingerprint density at radius 2 is 1.80 bits per heavy atom. The van der Waals surface area contributed by atoms with Crippen molar-refractivity contribution in [3.63, 3.8) is 0 Å². The average molecular weight is 219 g/mol. The van der Waals surface area contributed by atoms with Crippen LogP contribution in [0.2, 0.25) is 0 Å². The lowest BCUT2D eigenvalue weighted by atomic mass is 10.1. The number of hydrogen-bond donors (Lipinski definition) is 1. The first-order valence-corrected chi connectivity index (χ1v) is 5.50. The van der Waals surface area contributed by atoms with Crippen LogP contribution < -0.4 is 0 Å². The molecule has 1 atom stereocenters. The van der Waals surface area contributed by atoms with Crippen LogP contribution in [0, 0.1) is 0 Å². The minimum atomic E-state index is -2.02. The molecule has 1 aromatic heterocycles. The van der Waals surface area contributed by atoms with Crippen LogP contribution in [-0.4, -0.2) is 13.7 Å². The van der Waals surface area contributed by atoms with Crippen molar-refractivity contribution >= 4 is 11.1 Å². The number of rotatable bonds is 2. The fourth-order valence-corrected chi connectivity index (χ4v) is 1.69. The lowest BCUT2D eigenvalue weighted by Crippen LogP contribution is -1.92. The molecule has 0 saturated heterocycles. The first kappa shape index (κ1) is 10.0. The number of aromatic nitrogens is 1. The van der Waals surface area contributed by atoms with Gasteiger partial charge in [0.05, 0.1) is 0 Å². The predicted molar refractivity (Wildman–Crippen MR) is 58.7 cm³/mol. The van der Waals surface area contributed by atoms with E-state index in [-0.39, 0.29) is 5.03 Å². The van der Waals surface area contributed by atoms with E-state index >= 15 is 0 Å². The first-order valence-electron chi connectivity index (χ1n) is 4.40. The standard InChI is InChI=1S/C11H9NO2S/c13-15(14)11-8-10(6-7-12-11)9-4-2-1-3-5-9/h1-8H,(H,13,14). The van der Waals surface area contributed by atoms with Crippen LogP contribution in [-0.2, 0) is 11.1 Å². The number of pyridine rings is 1. The Morgan fingerprint density at radius 1 is 1.07 bits per heavy atom. The zero-order valence-corrected chi connectivity index (χ0v) is 8.65. The van der Waals surface area contributed by atoms with Crippen LogP contribution in [0.15, 0.2) is 53.7 Å². The maximum Gasteiger partial charge on any atom is 0.205 e. The summed E-state index contributed by atoms with van der Waals surface area (Å²) in [6.45, 7) is 0. The Bertz CT molecular complexity index is 485. The molecule has 0 spiro atoms. The molecule has 0 aliphatic heterocycles. The van der Waals surface area contributed by atoms with Gasteiger partial charge in [-0.15, -0.1) is 0 Å². The summed E-state index contributed by atoms with van der Waals surface area (Å²) >= 11 is -2.02. The second-order valence-electron chi connectivity index (χ2n) is 3.00. The lowest BCUT2D eigenvalue weighted by molar-refractivity contribution is 0.560. The third kappa shape index (κ3) is 2.29. The molecule has 0 amide bonds. The quantitative estimate of drug-likeness (QED) is 0.789. The fraction of sp³-hybridized carbons (Fsp3) is 0. The van der Waals surface area contributed by atoms with Crippen LogP contribution in [0.1, 0.15) is 0 Å². The van der Waals surface area contributed by atoms with Crippen LogP contribution in [0.25, 0.3) is 11.1 Å². The van der Waals surface area contributed by atoms with Crippen molar-refractivity contribution in [2.24, 2.45) is 0 Å². The van der Waals surface area contributed by atoms with Gasteiger partial charge in [-0.05, 0) is 23.3 Å². The smallest absolute Gasteiger partial charge is 0.205 e. The van der Waals surface area contributed by atoms with Gasteiger partial charge < -0.3 is 4.55 Å². The minimum Gasteiger partial charge on any atom is -0.301 e. The van der Waals surface area contributed by atoms with Crippen molar-refractivity contribution in [1.29, 1.82) is 0 Å². The Kier molecular flexibility index (Phi) is 2.89. The van der Waals surface area contributed by atoms with E-state index < -0.39 is 11.1 Å². The molecule has 15 heavy (non-hydrogen) atoms. The molecule has 1 unspecified atom stereocenters. The van der Waals surface area contributed by atoms with E-state index in [1.807, 2.05) is 36.4 Å². The molecule has 1 N–H and O–H groups in total. The molecular weight excluding hydrogens is 210 g/mol. The van der Waals surface area contributed by atoms with E-state index in [9.17, 15) is 4.21 Å². The van der Waals surface area contributed by atoms with Gasteiger partial charge in [0, 0.05) is 6.20 Å². The number of benzene rings is 1. The molecule has 0 aliphatic rings. The fourth-order valence-electron chi connectivity index (χ4n) is 1.32. The van der Waals surface area contributed by atoms with Crippen molar-refractivity contribution in [2.75, 3.05) is 0 Å². The summed E-state index contributed by atoms with van der Waals surface area (Å²) < 4.78 is 19.7. The van der Waals surface area contributed by atoms with Gasteiger partial charge in [0.15, 0.2) is 5.03 Å². The first-order chi connectivity index (χ1) is 7.27. The third-order valence-electron chi connectivity index (χ3n) is 2.02. The molecule has 0 bridgehead atoms. The monoisotopic (exact) mass is 219 g/mol. The van der Waals surface area contributed by atoms with Gasteiger partial charge in [0.25, 0.3) is 0 Å². The molecular formula is C11H9NO2S. The van der Waals surface area contributed by atoms with Crippen LogP contribution in [0.5, 0.6) is 0 Å². The van der Waals surface area contributed by atoms with Gasteiger partial charge in [-0.1, -0.05) is 30.3 Å². The van der Waals surface area contributed by atoms with E-state index in [4.69, 9.17) is 4.55 Å². The van der Waals surface area contributed by atoms with Gasteiger partial charge in [0.2, 0.25) is 11.1 Å². The molecule has 1 heterocycles. The lowest BCUT2D eigenvalue weighted by Gasteiger charge is -2.01.